The number of carboxylic acid groups (broad SMARTS) is 1. The van der Waals surface area contributed by atoms with Gasteiger partial charge >= 0.3 is 12.1 Å². The Morgan fingerprint density at radius 2 is 1.89 bits per heavy atom. The molecule has 0 saturated heterocycles. The van der Waals surface area contributed by atoms with Gasteiger partial charge in [0.15, 0.2) is 0 Å². The summed E-state index contributed by atoms with van der Waals surface area (Å²) >= 11 is 0. The maximum atomic E-state index is 12.9. The Labute approximate surface area is 147 Å². The van der Waals surface area contributed by atoms with Gasteiger partial charge in [-0.1, -0.05) is 6.07 Å². The largest absolute Gasteiger partial charge is 0.480 e. The summed E-state index contributed by atoms with van der Waals surface area (Å²) in [6.07, 6.45) is -4.59. The molecule has 0 bridgehead atoms. The Kier molecular flexibility index (Phi) is 4.39. The lowest BCUT2D eigenvalue weighted by atomic mass is 10.1. The van der Waals surface area contributed by atoms with Crippen LogP contribution in [-0.2, 0) is 17.6 Å². The Balaban J connectivity index is 2.26. The fourth-order valence-corrected chi connectivity index (χ4v) is 2.79. The highest BCUT2D eigenvalue weighted by Gasteiger charge is 2.31. The van der Waals surface area contributed by atoms with E-state index in [1.807, 2.05) is 5.32 Å². The fourth-order valence-electron chi connectivity index (χ4n) is 2.79. The number of fused-ring (bicyclic) bond motifs is 3. The molecule has 0 saturated carbocycles. The lowest BCUT2D eigenvalue weighted by molar-refractivity contribution is -0.137. The van der Waals surface area contributed by atoms with E-state index in [9.17, 15) is 32.7 Å². The third-order valence-electron chi connectivity index (χ3n) is 3.97. The normalized spacial score (nSPS) is 11.9. The van der Waals surface area contributed by atoms with Crippen molar-refractivity contribution in [1.82, 2.24) is 14.9 Å². The van der Waals surface area contributed by atoms with E-state index in [1.54, 1.807) is 0 Å². The number of aliphatic hydroxyl groups excluding tert-OH is 1. The number of carbonyl (C=O) groups is 2. The van der Waals surface area contributed by atoms with Gasteiger partial charge in [0.05, 0.1) is 23.2 Å². The zero-order valence-corrected chi connectivity index (χ0v) is 13.4. The molecule has 0 spiro atoms. The van der Waals surface area contributed by atoms with Gasteiger partial charge in [-0.3, -0.25) is 24.0 Å². The molecule has 0 fully saturated rings. The van der Waals surface area contributed by atoms with Crippen molar-refractivity contribution in [3.05, 3.63) is 51.3 Å². The molecule has 11 heteroatoms. The van der Waals surface area contributed by atoms with Crippen LogP contribution in [0.4, 0.5) is 13.2 Å². The molecule has 1 aromatic carbocycles. The van der Waals surface area contributed by atoms with Gasteiger partial charge < -0.3 is 15.5 Å². The van der Waals surface area contributed by atoms with Crippen LogP contribution in [0.25, 0.3) is 16.4 Å². The van der Waals surface area contributed by atoms with Crippen molar-refractivity contribution in [2.75, 3.05) is 6.54 Å². The van der Waals surface area contributed by atoms with Crippen LogP contribution in [-0.4, -0.2) is 38.2 Å². The summed E-state index contributed by atoms with van der Waals surface area (Å²) in [5.41, 5.74) is -2.40. The van der Waals surface area contributed by atoms with Crippen molar-refractivity contribution >= 4 is 28.3 Å². The zero-order chi connectivity index (χ0) is 19.9. The Hall–Kier alpha value is -3.34. The number of carboxylic acids is 1. The molecule has 0 radical (unpaired) electrons. The molecule has 0 atom stereocenters. The third-order valence-corrected chi connectivity index (χ3v) is 3.97. The molecule has 3 rings (SSSR count). The Morgan fingerprint density at radius 1 is 1.19 bits per heavy atom. The van der Waals surface area contributed by atoms with Crippen LogP contribution < -0.4 is 10.9 Å². The second-order valence-electron chi connectivity index (χ2n) is 5.67. The number of aliphatic carboxylic acids is 1. The van der Waals surface area contributed by atoms with Crippen LogP contribution in [0.1, 0.15) is 21.5 Å². The number of nitrogens with one attached hydrogen (secondary N) is 2. The van der Waals surface area contributed by atoms with Gasteiger partial charge in [-0.05, 0) is 18.2 Å². The third kappa shape index (κ3) is 3.24. The Morgan fingerprint density at radius 3 is 2.48 bits per heavy atom. The standard InChI is InChI=1S/C16H12F3N3O5/c17-16(18,19)8-2-1-7-3-11-9(6-23)13(14(26)20-5-12(24)25)15(27)21-22(11)10(7)4-8/h1-4,23H,5-6H2,(H,20,26)(H,21,27)(H,24,25). The van der Waals surface area contributed by atoms with Gasteiger partial charge in [-0.25, -0.2) is 0 Å². The van der Waals surface area contributed by atoms with Crippen molar-refractivity contribution in [3.8, 4) is 0 Å². The van der Waals surface area contributed by atoms with Crippen molar-refractivity contribution in [3.63, 3.8) is 0 Å². The minimum absolute atomic E-state index is 0.0316. The fraction of sp³-hybridized carbons (Fsp3) is 0.188. The number of aliphatic hydroxyl groups is 1. The second-order valence-corrected chi connectivity index (χ2v) is 5.67. The molecule has 3 aromatic rings. The number of halogens is 3. The number of nitrogens with zero attached hydrogens (tertiary/aromatic N) is 1. The number of rotatable bonds is 4. The first kappa shape index (κ1) is 18.5. The number of hydrogen-bond acceptors (Lipinski definition) is 4. The number of benzene rings is 1. The quantitative estimate of drug-likeness (QED) is 0.537. The van der Waals surface area contributed by atoms with Crippen LogP contribution in [0.2, 0.25) is 0 Å². The Bertz CT molecular complexity index is 1130. The highest BCUT2D eigenvalue weighted by atomic mass is 19.4. The summed E-state index contributed by atoms with van der Waals surface area (Å²) in [5.74, 6) is -2.36. The first-order chi connectivity index (χ1) is 12.6. The van der Waals surface area contributed by atoms with Gasteiger partial charge in [0.25, 0.3) is 11.5 Å². The van der Waals surface area contributed by atoms with Gasteiger partial charge in [-0.15, -0.1) is 0 Å². The van der Waals surface area contributed by atoms with Crippen molar-refractivity contribution in [2.45, 2.75) is 12.8 Å². The molecule has 0 aliphatic carbocycles. The number of aromatic nitrogens is 2. The molecule has 0 aliphatic heterocycles. The second kappa shape index (κ2) is 6.43. The van der Waals surface area contributed by atoms with Crippen LogP contribution in [0, 0.1) is 0 Å². The van der Waals surface area contributed by atoms with E-state index >= 15 is 0 Å². The van der Waals surface area contributed by atoms with Crippen molar-refractivity contribution < 1.29 is 33.0 Å². The molecule has 1 amide bonds. The summed E-state index contributed by atoms with van der Waals surface area (Å²) in [6.45, 7) is -1.50. The summed E-state index contributed by atoms with van der Waals surface area (Å²) in [5, 5.41) is 22.9. The maximum Gasteiger partial charge on any atom is 0.416 e. The van der Waals surface area contributed by atoms with E-state index in [2.05, 4.69) is 5.10 Å². The van der Waals surface area contributed by atoms with Crippen LogP contribution >= 0.6 is 0 Å². The molecule has 0 aliphatic rings. The number of H-pyrrole nitrogens is 1. The summed E-state index contributed by atoms with van der Waals surface area (Å²) in [6, 6.07) is 4.32. The zero-order valence-electron chi connectivity index (χ0n) is 13.4. The lowest BCUT2D eigenvalue weighted by Crippen LogP contribution is -2.35. The molecule has 2 aromatic heterocycles. The van der Waals surface area contributed by atoms with E-state index in [0.29, 0.717) is 5.39 Å². The smallest absolute Gasteiger partial charge is 0.416 e. The van der Waals surface area contributed by atoms with E-state index < -0.39 is 47.9 Å². The summed E-state index contributed by atoms with van der Waals surface area (Å²) < 4.78 is 39.9. The minimum Gasteiger partial charge on any atom is -0.480 e. The van der Waals surface area contributed by atoms with Crippen LogP contribution in [0.3, 0.4) is 0 Å². The molecule has 4 N–H and O–H groups in total. The van der Waals surface area contributed by atoms with Gasteiger partial charge in [0, 0.05) is 10.9 Å². The molecule has 142 valence electrons. The monoisotopic (exact) mass is 383 g/mol. The van der Waals surface area contributed by atoms with Gasteiger partial charge in [0.1, 0.15) is 12.1 Å². The molecule has 0 unspecified atom stereocenters. The molecule has 2 heterocycles. The van der Waals surface area contributed by atoms with Crippen molar-refractivity contribution in [1.29, 1.82) is 0 Å². The highest BCUT2D eigenvalue weighted by molar-refractivity contribution is 5.99. The van der Waals surface area contributed by atoms with E-state index in [-0.39, 0.29) is 16.6 Å². The van der Waals surface area contributed by atoms with E-state index in [0.717, 1.165) is 16.6 Å². The number of aromatic amines is 1. The number of amides is 1. The topological polar surface area (TPSA) is 124 Å². The van der Waals surface area contributed by atoms with Gasteiger partial charge in [-0.2, -0.15) is 13.2 Å². The van der Waals surface area contributed by atoms with E-state index in [1.165, 1.54) is 12.1 Å². The van der Waals surface area contributed by atoms with Crippen LogP contribution in [0.15, 0.2) is 29.1 Å². The average Bonchev–Trinajstić information content (AvgIpc) is 2.95. The predicted molar refractivity (Wildman–Crippen MR) is 86.4 cm³/mol. The number of alkyl halides is 3. The predicted octanol–water partition coefficient (Wildman–Crippen LogP) is 1.11. The number of carbonyl (C=O) groups excluding carboxylic acids is 1. The molecular weight excluding hydrogens is 371 g/mol. The van der Waals surface area contributed by atoms with Crippen LogP contribution in [0.5, 0.6) is 0 Å². The SMILES string of the molecule is O=C(O)CNC(=O)c1c(CO)c2cc3ccc(C(F)(F)F)cc3n2[nH]c1=O. The van der Waals surface area contributed by atoms with Gasteiger partial charge in [0.2, 0.25) is 0 Å². The molecule has 27 heavy (non-hydrogen) atoms. The minimum atomic E-state index is -4.59. The summed E-state index contributed by atoms with van der Waals surface area (Å²) in [7, 11) is 0. The maximum absolute atomic E-state index is 12.9. The first-order valence-electron chi connectivity index (χ1n) is 7.52. The highest BCUT2D eigenvalue weighted by Crippen LogP contribution is 2.32. The number of hydrogen-bond donors (Lipinski definition) is 4. The molecule has 8 nitrogen and oxygen atoms in total. The average molecular weight is 383 g/mol. The van der Waals surface area contributed by atoms with E-state index in [4.69, 9.17) is 5.11 Å². The first-order valence-corrected chi connectivity index (χ1v) is 7.52. The summed E-state index contributed by atoms with van der Waals surface area (Å²) in [4.78, 5) is 35.0. The lowest BCUT2D eigenvalue weighted by Gasteiger charge is -2.10. The molecular formula is C16H12F3N3O5. The van der Waals surface area contributed by atoms with Crippen molar-refractivity contribution in [2.24, 2.45) is 0 Å².